The molecule has 0 atom stereocenters. The first kappa shape index (κ1) is 16.2. The molecule has 6 heteroatoms. The molecular weight excluding hydrogens is 346 g/mol. The Hall–Kier alpha value is -3.30. The summed E-state index contributed by atoms with van der Waals surface area (Å²) < 4.78 is 10.7. The highest BCUT2D eigenvalue weighted by Crippen LogP contribution is 2.36. The normalized spacial score (nSPS) is 12.7. The maximum Gasteiger partial charge on any atom is 0.231 e. The van der Waals surface area contributed by atoms with E-state index in [1.165, 1.54) is 11.3 Å². The van der Waals surface area contributed by atoms with Gasteiger partial charge in [0.25, 0.3) is 0 Å². The second-order valence-corrected chi connectivity index (χ2v) is 6.65. The number of nitrogens with zero attached hydrogens (tertiary/aromatic N) is 2. The number of allylic oxidation sites excluding steroid dienone is 1. The number of hydrogen-bond donors (Lipinski definition) is 1. The predicted octanol–water partition coefficient (Wildman–Crippen LogP) is 4.82. The summed E-state index contributed by atoms with van der Waals surface area (Å²) in [6, 6.07) is 15.9. The van der Waals surface area contributed by atoms with Gasteiger partial charge in [-0.3, -0.25) is 0 Å². The fraction of sp³-hybridized carbons (Fsp3) is 0.100. The molecule has 0 amide bonds. The van der Waals surface area contributed by atoms with Crippen LogP contribution in [-0.4, -0.2) is 11.8 Å². The van der Waals surface area contributed by atoms with Crippen LogP contribution in [0.5, 0.6) is 11.5 Å². The van der Waals surface area contributed by atoms with E-state index >= 15 is 0 Å². The van der Waals surface area contributed by atoms with Crippen molar-refractivity contribution < 1.29 is 9.47 Å². The van der Waals surface area contributed by atoms with Gasteiger partial charge in [0.05, 0.1) is 5.69 Å². The molecule has 26 heavy (non-hydrogen) atoms. The molecule has 3 aromatic rings. The molecule has 1 aliphatic rings. The summed E-state index contributed by atoms with van der Waals surface area (Å²) in [4.78, 5) is 4.60. The van der Waals surface area contributed by atoms with Crippen LogP contribution in [0.1, 0.15) is 10.6 Å². The van der Waals surface area contributed by atoms with Crippen molar-refractivity contribution in [2.24, 2.45) is 0 Å². The number of rotatable bonds is 4. The summed E-state index contributed by atoms with van der Waals surface area (Å²) in [5.74, 6) is 1.46. The molecule has 0 saturated carbocycles. The topological polar surface area (TPSA) is 67.2 Å². The third-order valence-electron chi connectivity index (χ3n) is 3.92. The van der Waals surface area contributed by atoms with Crippen LogP contribution < -0.4 is 14.8 Å². The zero-order chi connectivity index (χ0) is 17.9. The number of thiazole rings is 1. The van der Waals surface area contributed by atoms with Gasteiger partial charge in [0.2, 0.25) is 6.79 Å². The van der Waals surface area contributed by atoms with Gasteiger partial charge in [0.1, 0.15) is 16.6 Å². The molecule has 0 spiro atoms. The second-order valence-electron chi connectivity index (χ2n) is 5.79. The van der Waals surface area contributed by atoms with Gasteiger partial charge in [-0.25, -0.2) is 4.98 Å². The number of benzene rings is 2. The number of fused-ring (bicyclic) bond motifs is 1. The number of nitriles is 1. The maximum absolute atomic E-state index is 9.49. The van der Waals surface area contributed by atoms with Crippen molar-refractivity contribution in [1.82, 2.24) is 4.98 Å². The molecule has 1 aromatic heterocycles. The van der Waals surface area contributed by atoms with Gasteiger partial charge >= 0.3 is 0 Å². The van der Waals surface area contributed by atoms with E-state index in [4.69, 9.17) is 9.47 Å². The van der Waals surface area contributed by atoms with Crippen LogP contribution in [0.2, 0.25) is 0 Å². The average molecular weight is 361 g/mol. The summed E-state index contributed by atoms with van der Waals surface area (Å²) in [6.45, 7) is 2.27. The molecule has 1 aliphatic heterocycles. The molecule has 0 bridgehead atoms. The lowest BCUT2D eigenvalue weighted by Crippen LogP contribution is -1.92. The maximum atomic E-state index is 9.49. The molecule has 2 aromatic carbocycles. The first-order valence-electron chi connectivity index (χ1n) is 8.02. The lowest BCUT2D eigenvalue weighted by molar-refractivity contribution is 0.174. The van der Waals surface area contributed by atoms with Crippen LogP contribution in [0, 0.1) is 18.3 Å². The standard InChI is InChI=1S/C20H15N3O2S/c1-13-3-2-4-16(7-13)22-10-15(9-21)20-23-17(11-26-20)14-5-6-18-19(8-14)25-12-24-18/h2-8,10-11,22H,12H2,1H3. The zero-order valence-electron chi connectivity index (χ0n) is 14.0. The van der Waals surface area contributed by atoms with E-state index in [1.807, 2.05) is 54.8 Å². The third-order valence-corrected chi connectivity index (χ3v) is 4.80. The lowest BCUT2D eigenvalue weighted by atomic mass is 10.1. The van der Waals surface area contributed by atoms with Gasteiger partial charge in [0, 0.05) is 22.8 Å². The molecule has 5 nitrogen and oxygen atoms in total. The summed E-state index contributed by atoms with van der Waals surface area (Å²) in [5.41, 5.74) is 4.32. The average Bonchev–Trinajstić information content (AvgIpc) is 3.31. The largest absolute Gasteiger partial charge is 0.454 e. The Morgan fingerprint density at radius 3 is 2.96 bits per heavy atom. The van der Waals surface area contributed by atoms with Crippen LogP contribution in [0.3, 0.4) is 0 Å². The van der Waals surface area contributed by atoms with E-state index in [9.17, 15) is 5.26 Å². The van der Waals surface area contributed by atoms with Crippen LogP contribution in [0.15, 0.2) is 54.0 Å². The fourth-order valence-electron chi connectivity index (χ4n) is 2.62. The molecule has 1 N–H and O–H groups in total. The van der Waals surface area contributed by atoms with Crippen molar-refractivity contribution in [1.29, 1.82) is 5.26 Å². The van der Waals surface area contributed by atoms with Crippen molar-refractivity contribution in [2.45, 2.75) is 6.92 Å². The molecule has 0 radical (unpaired) electrons. The Kier molecular flexibility index (Phi) is 4.30. The van der Waals surface area contributed by atoms with Crippen LogP contribution in [-0.2, 0) is 0 Å². The van der Waals surface area contributed by atoms with Gasteiger partial charge in [-0.1, -0.05) is 12.1 Å². The van der Waals surface area contributed by atoms with Crippen LogP contribution in [0.25, 0.3) is 16.8 Å². The smallest absolute Gasteiger partial charge is 0.231 e. The van der Waals surface area contributed by atoms with E-state index < -0.39 is 0 Å². The molecule has 4 rings (SSSR count). The Morgan fingerprint density at radius 2 is 2.12 bits per heavy atom. The number of aromatic nitrogens is 1. The van der Waals surface area contributed by atoms with Crippen molar-refractivity contribution in [3.05, 3.63) is 64.6 Å². The molecule has 2 heterocycles. The zero-order valence-corrected chi connectivity index (χ0v) is 14.8. The molecule has 0 aliphatic carbocycles. The predicted molar refractivity (Wildman–Crippen MR) is 102 cm³/mol. The van der Waals surface area contributed by atoms with Crippen LogP contribution >= 0.6 is 11.3 Å². The van der Waals surface area contributed by atoms with Crippen molar-refractivity contribution in [3.63, 3.8) is 0 Å². The van der Waals surface area contributed by atoms with Gasteiger partial charge in [-0.15, -0.1) is 11.3 Å². The minimum Gasteiger partial charge on any atom is -0.454 e. The minimum atomic E-state index is 0.243. The van der Waals surface area contributed by atoms with E-state index in [0.29, 0.717) is 16.3 Å². The summed E-state index contributed by atoms with van der Waals surface area (Å²) >= 11 is 1.43. The Morgan fingerprint density at radius 1 is 1.23 bits per heavy atom. The Labute approximate surface area is 155 Å². The van der Waals surface area contributed by atoms with Crippen molar-refractivity contribution in [3.8, 4) is 28.8 Å². The van der Waals surface area contributed by atoms with Crippen molar-refractivity contribution >= 4 is 22.6 Å². The fourth-order valence-corrected chi connectivity index (χ4v) is 3.41. The van der Waals surface area contributed by atoms with Gasteiger partial charge < -0.3 is 14.8 Å². The molecule has 0 saturated heterocycles. The summed E-state index contributed by atoms with van der Waals surface area (Å²) in [6.07, 6.45) is 1.69. The summed E-state index contributed by atoms with van der Waals surface area (Å²) in [7, 11) is 0. The third kappa shape index (κ3) is 3.25. The molecule has 0 fully saturated rings. The summed E-state index contributed by atoms with van der Waals surface area (Å²) in [5, 5.41) is 15.3. The van der Waals surface area contributed by atoms with Crippen molar-refractivity contribution in [2.75, 3.05) is 12.1 Å². The number of ether oxygens (including phenoxy) is 2. The highest BCUT2D eigenvalue weighted by atomic mass is 32.1. The second kappa shape index (κ2) is 6.90. The molecule has 128 valence electrons. The number of aryl methyl sites for hydroxylation is 1. The van der Waals surface area contributed by atoms with Crippen LogP contribution in [0.4, 0.5) is 5.69 Å². The first-order chi connectivity index (χ1) is 12.7. The SMILES string of the molecule is Cc1cccc(NC=C(C#N)c2nc(-c3ccc4c(c3)OCO4)cs2)c1. The Balaban J connectivity index is 1.57. The Bertz CT molecular complexity index is 1030. The van der Waals surface area contributed by atoms with Gasteiger partial charge in [-0.2, -0.15) is 5.26 Å². The van der Waals surface area contributed by atoms with E-state index in [2.05, 4.69) is 16.4 Å². The molecule has 0 unspecified atom stereocenters. The lowest BCUT2D eigenvalue weighted by Gasteiger charge is -2.02. The quantitative estimate of drug-likeness (QED) is 0.675. The van der Waals surface area contributed by atoms with E-state index in [-0.39, 0.29) is 6.79 Å². The monoisotopic (exact) mass is 361 g/mol. The minimum absolute atomic E-state index is 0.243. The van der Waals surface area contributed by atoms with E-state index in [0.717, 1.165) is 28.3 Å². The number of anilines is 1. The van der Waals surface area contributed by atoms with Gasteiger partial charge in [-0.05, 0) is 42.8 Å². The number of nitrogens with one attached hydrogen (secondary N) is 1. The van der Waals surface area contributed by atoms with E-state index in [1.54, 1.807) is 6.20 Å². The number of hydrogen-bond acceptors (Lipinski definition) is 6. The highest BCUT2D eigenvalue weighted by Gasteiger charge is 2.15. The van der Waals surface area contributed by atoms with Gasteiger partial charge in [0.15, 0.2) is 11.5 Å². The first-order valence-corrected chi connectivity index (χ1v) is 8.90. The molecular formula is C20H15N3O2S. The highest BCUT2D eigenvalue weighted by molar-refractivity contribution is 7.11.